The maximum absolute atomic E-state index is 12.9. The van der Waals surface area contributed by atoms with Crippen LogP contribution in [0.15, 0.2) is 36.4 Å². The molecule has 172 valence electrons. The summed E-state index contributed by atoms with van der Waals surface area (Å²) >= 11 is 12.4. The van der Waals surface area contributed by atoms with E-state index in [4.69, 9.17) is 23.2 Å². The van der Waals surface area contributed by atoms with E-state index in [0.29, 0.717) is 27.0 Å². The van der Waals surface area contributed by atoms with Gasteiger partial charge in [-0.3, -0.25) is 9.59 Å². The third kappa shape index (κ3) is 4.77. The van der Waals surface area contributed by atoms with E-state index in [2.05, 4.69) is 10.4 Å². The molecule has 1 fully saturated rings. The van der Waals surface area contributed by atoms with Crippen molar-refractivity contribution in [3.8, 4) is 5.69 Å². The normalized spacial score (nSPS) is 13.4. The van der Waals surface area contributed by atoms with Crippen molar-refractivity contribution in [1.82, 2.24) is 14.7 Å². The molecule has 2 heterocycles. The summed E-state index contributed by atoms with van der Waals surface area (Å²) in [5.74, 6) is -0.147. The third-order valence-electron chi connectivity index (χ3n) is 6.15. The highest BCUT2D eigenvalue weighted by molar-refractivity contribution is 6.35. The van der Waals surface area contributed by atoms with Crippen molar-refractivity contribution in [1.29, 1.82) is 0 Å². The molecule has 8 heteroatoms. The van der Waals surface area contributed by atoms with Gasteiger partial charge in [0.15, 0.2) is 0 Å². The molecular formula is C25H26Cl2N4O2. The summed E-state index contributed by atoms with van der Waals surface area (Å²) in [6, 6.07) is 10.7. The standard InChI is InChI=1S/C25H26Cl2N4O2/c1-15-19(25(33)30-11-4-5-12-30)7-6-8-22(15)28-24(32)14-20-16(2)29-31(17(20)3)23-10-9-18(26)13-21(23)27/h6-10,13H,4-5,11-12,14H2,1-3H3,(H,28,32). The number of anilines is 1. The van der Waals surface area contributed by atoms with Crippen LogP contribution < -0.4 is 5.32 Å². The van der Waals surface area contributed by atoms with Gasteiger partial charge in [-0.05, 0) is 69.5 Å². The van der Waals surface area contributed by atoms with Gasteiger partial charge in [0.1, 0.15) is 0 Å². The molecule has 0 unspecified atom stereocenters. The number of nitrogens with zero attached hydrogens (tertiary/aromatic N) is 3. The first-order chi connectivity index (χ1) is 15.8. The van der Waals surface area contributed by atoms with E-state index in [1.165, 1.54) is 0 Å². The number of halogens is 2. The number of nitrogens with one attached hydrogen (secondary N) is 1. The smallest absolute Gasteiger partial charge is 0.254 e. The van der Waals surface area contributed by atoms with Crippen LogP contribution in [0.4, 0.5) is 5.69 Å². The average Bonchev–Trinajstić information content (AvgIpc) is 3.40. The fraction of sp³-hybridized carbons (Fsp3) is 0.320. The Kier molecular flexibility index (Phi) is 6.77. The number of rotatable bonds is 5. The van der Waals surface area contributed by atoms with E-state index >= 15 is 0 Å². The summed E-state index contributed by atoms with van der Waals surface area (Å²) in [4.78, 5) is 27.7. The molecule has 2 aromatic carbocycles. The van der Waals surface area contributed by atoms with Crippen LogP contribution >= 0.6 is 23.2 Å². The molecule has 1 aliphatic heterocycles. The molecule has 0 saturated carbocycles. The second-order valence-electron chi connectivity index (χ2n) is 8.36. The number of carbonyl (C=O) groups is 2. The van der Waals surface area contributed by atoms with Gasteiger partial charge < -0.3 is 10.2 Å². The number of hydrogen-bond donors (Lipinski definition) is 1. The fourth-order valence-electron chi connectivity index (χ4n) is 4.27. The molecular weight excluding hydrogens is 459 g/mol. The Hall–Kier alpha value is -2.83. The molecule has 0 radical (unpaired) electrons. The number of hydrogen-bond acceptors (Lipinski definition) is 3. The van der Waals surface area contributed by atoms with E-state index in [9.17, 15) is 9.59 Å². The highest BCUT2D eigenvalue weighted by atomic mass is 35.5. The first-order valence-electron chi connectivity index (χ1n) is 11.0. The molecule has 0 atom stereocenters. The second-order valence-corrected chi connectivity index (χ2v) is 9.20. The van der Waals surface area contributed by atoms with Gasteiger partial charge in [-0.15, -0.1) is 0 Å². The topological polar surface area (TPSA) is 67.2 Å². The largest absolute Gasteiger partial charge is 0.339 e. The Balaban J connectivity index is 1.54. The molecule has 0 aliphatic carbocycles. The van der Waals surface area contributed by atoms with Gasteiger partial charge in [0.25, 0.3) is 5.91 Å². The van der Waals surface area contributed by atoms with Crippen LogP contribution in [-0.4, -0.2) is 39.6 Å². The van der Waals surface area contributed by atoms with E-state index in [1.54, 1.807) is 22.9 Å². The van der Waals surface area contributed by atoms with Crippen molar-refractivity contribution in [2.24, 2.45) is 0 Å². The van der Waals surface area contributed by atoms with Gasteiger partial charge in [0.2, 0.25) is 5.91 Å². The Labute approximate surface area is 203 Å². The second kappa shape index (κ2) is 9.57. The van der Waals surface area contributed by atoms with Crippen LogP contribution in [0.25, 0.3) is 5.69 Å². The van der Waals surface area contributed by atoms with E-state index < -0.39 is 0 Å². The Morgan fingerprint density at radius 3 is 2.48 bits per heavy atom. The number of likely N-dealkylation sites (tertiary alicyclic amines) is 1. The zero-order valence-corrected chi connectivity index (χ0v) is 20.4. The Morgan fingerprint density at radius 2 is 1.79 bits per heavy atom. The number of aryl methyl sites for hydroxylation is 1. The molecule has 0 spiro atoms. The van der Waals surface area contributed by atoms with E-state index in [1.807, 2.05) is 43.9 Å². The van der Waals surface area contributed by atoms with Crippen LogP contribution in [0.5, 0.6) is 0 Å². The zero-order chi connectivity index (χ0) is 23.7. The molecule has 1 aromatic heterocycles. The Morgan fingerprint density at radius 1 is 1.06 bits per heavy atom. The summed E-state index contributed by atoms with van der Waals surface area (Å²) in [5.41, 5.74) is 5.18. The lowest BCUT2D eigenvalue weighted by Gasteiger charge is -2.18. The van der Waals surface area contributed by atoms with Crippen LogP contribution in [0, 0.1) is 20.8 Å². The summed E-state index contributed by atoms with van der Waals surface area (Å²) in [5, 5.41) is 8.60. The van der Waals surface area contributed by atoms with E-state index in [-0.39, 0.29) is 18.2 Å². The van der Waals surface area contributed by atoms with Crippen LogP contribution in [0.3, 0.4) is 0 Å². The number of carbonyl (C=O) groups excluding carboxylic acids is 2. The minimum absolute atomic E-state index is 0.0221. The third-order valence-corrected chi connectivity index (χ3v) is 6.69. The molecule has 0 bridgehead atoms. The summed E-state index contributed by atoms with van der Waals surface area (Å²) in [7, 11) is 0. The quantitative estimate of drug-likeness (QED) is 0.518. The fourth-order valence-corrected chi connectivity index (χ4v) is 4.76. The molecule has 33 heavy (non-hydrogen) atoms. The summed E-state index contributed by atoms with van der Waals surface area (Å²) < 4.78 is 1.73. The van der Waals surface area contributed by atoms with Gasteiger partial charge in [0.05, 0.1) is 22.8 Å². The van der Waals surface area contributed by atoms with Crippen molar-refractivity contribution in [2.75, 3.05) is 18.4 Å². The highest BCUT2D eigenvalue weighted by Crippen LogP contribution is 2.28. The SMILES string of the molecule is Cc1nn(-c2ccc(Cl)cc2Cl)c(C)c1CC(=O)Nc1cccc(C(=O)N2CCCC2)c1C. The molecule has 3 aromatic rings. The van der Waals surface area contributed by atoms with Crippen molar-refractivity contribution in [3.05, 3.63) is 74.5 Å². The van der Waals surface area contributed by atoms with E-state index in [0.717, 1.165) is 48.4 Å². The summed E-state index contributed by atoms with van der Waals surface area (Å²) in [6.45, 7) is 7.23. The first kappa shape index (κ1) is 23.3. The molecule has 6 nitrogen and oxygen atoms in total. The monoisotopic (exact) mass is 484 g/mol. The number of amides is 2. The number of aromatic nitrogens is 2. The highest BCUT2D eigenvalue weighted by Gasteiger charge is 2.23. The predicted molar refractivity (Wildman–Crippen MR) is 132 cm³/mol. The Bertz CT molecular complexity index is 1230. The zero-order valence-electron chi connectivity index (χ0n) is 18.9. The van der Waals surface area contributed by atoms with Crippen molar-refractivity contribution in [3.63, 3.8) is 0 Å². The van der Waals surface area contributed by atoms with Gasteiger partial charge in [0, 0.05) is 40.6 Å². The lowest BCUT2D eigenvalue weighted by molar-refractivity contribution is -0.115. The maximum Gasteiger partial charge on any atom is 0.254 e. The molecule has 1 aliphatic rings. The molecule has 2 amide bonds. The van der Waals surface area contributed by atoms with Crippen molar-refractivity contribution >= 4 is 40.7 Å². The van der Waals surface area contributed by atoms with Gasteiger partial charge in [-0.25, -0.2) is 4.68 Å². The van der Waals surface area contributed by atoms with Crippen LogP contribution in [-0.2, 0) is 11.2 Å². The molecule has 1 N–H and O–H groups in total. The maximum atomic E-state index is 12.9. The lowest BCUT2D eigenvalue weighted by atomic mass is 10.0. The lowest BCUT2D eigenvalue weighted by Crippen LogP contribution is -2.28. The minimum Gasteiger partial charge on any atom is -0.339 e. The van der Waals surface area contributed by atoms with Gasteiger partial charge in [-0.2, -0.15) is 5.10 Å². The van der Waals surface area contributed by atoms with Crippen molar-refractivity contribution < 1.29 is 9.59 Å². The first-order valence-corrected chi connectivity index (χ1v) is 11.7. The average molecular weight is 485 g/mol. The predicted octanol–water partition coefficient (Wildman–Crippen LogP) is 5.52. The number of benzene rings is 2. The summed E-state index contributed by atoms with van der Waals surface area (Å²) in [6.07, 6.45) is 2.23. The van der Waals surface area contributed by atoms with Gasteiger partial charge in [-0.1, -0.05) is 29.3 Å². The van der Waals surface area contributed by atoms with Gasteiger partial charge >= 0.3 is 0 Å². The molecule has 1 saturated heterocycles. The minimum atomic E-state index is -0.170. The van der Waals surface area contributed by atoms with Crippen LogP contribution in [0.1, 0.15) is 45.7 Å². The molecule has 4 rings (SSSR count). The van der Waals surface area contributed by atoms with Crippen molar-refractivity contribution in [2.45, 2.75) is 40.0 Å². The van der Waals surface area contributed by atoms with Crippen LogP contribution in [0.2, 0.25) is 10.0 Å².